The number of hydrogen-bond acceptors (Lipinski definition) is 2. The highest BCUT2D eigenvalue weighted by Crippen LogP contribution is 2.13. The minimum absolute atomic E-state index is 0.101. The number of alkyl halides is 1. The van der Waals surface area contributed by atoms with Gasteiger partial charge in [0, 0.05) is 23.9 Å². The molecule has 0 bridgehead atoms. The first-order valence-electron chi connectivity index (χ1n) is 5.20. The van der Waals surface area contributed by atoms with Gasteiger partial charge in [-0.15, -0.1) is 11.6 Å². The molecular weight excluding hydrogens is 326 g/mol. The second-order valence-corrected chi connectivity index (χ2v) is 7.23. The molecule has 0 radical (unpaired) electrons. The molecule has 0 unspecified atom stereocenters. The number of sulfonamides is 1. The molecule has 0 amide bonds. The van der Waals surface area contributed by atoms with E-state index >= 15 is 0 Å². The van der Waals surface area contributed by atoms with Gasteiger partial charge < -0.3 is 0 Å². The lowest BCUT2D eigenvalue weighted by atomic mass is 10.2. The van der Waals surface area contributed by atoms with E-state index in [4.69, 9.17) is 11.6 Å². The van der Waals surface area contributed by atoms with Crippen molar-refractivity contribution >= 4 is 37.6 Å². The van der Waals surface area contributed by atoms with Crippen LogP contribution in [0.3, 0.4) is 0 Å². The van der Waals surface area contributed by atoms with Gasteiger partial charge in [0.1, 0.15) is 0 Å². The summed E-state index contributed by atoms with van der Waals surface area (Å²) in [5.74, 6) is 0.467. The van der Waals surface area contributed by atoms with Crippen molar-refractivity contribution in [1.82, 2.24) is 4.31 Å². The lowest BCUT2D eigenvalue weighted by Gasteiger charge is -2.16. The van der Waals surface area contributed by atoms with Crippen LogP contribution in [-0.4, -0.2) is 31.4 Å². The fourth-order valence-corrected chi connectivity index (χ4v) is 3.06. The van der Waals surface area contributed by atoms with Gasteiger partial charge in [-0.05, 0) is 24.1 Å². The van der Waals surface area contributed by atoms with Crippen LogP contribution >= 0.6 is 27.5 Å². The zero-order chi connectivity index (χ0) is 12.9. The Morgan fingerprint density at radius 3 is 2.41 bits per heavy atom. The monoisotopic (exact) mass is 339 g/mol. The molecule has 0 aliphatic heterocycles. The molecule has 1 rings (SSSR count). The van der Waals surface area contributed by atoms with Crippen LogP contribution in [0.25, 0.3) is 0 Å². The summed E-state index contributed by atoms with van der Waals surface area (Å²) in [6.07, 6.45) is 0.481. The van der Waals surface area contributed by atoms with Crippen LogP contribution in [0.5, 0.6) is 0 Å². The third kappa shape index (κ3) is 4.95. The second-order valence-electron chi connectivity index (χ2n) is 3.74. The summed E-state index contributed by atoms with van der Waals surface area (Å²) in [5, 5.41) is 0. The van der Waals surface area contributed by atoms with Crippen LogP contribution in [0.1, 0.15) is 12.0 Å². The zero-order valence-electron chi connectivity index (χ0n) is 9.57. The molecule has 0 spiro atoms. The standard InChI is InChI=1S/C11H15BrClNO2S/c1-14(17(15,16)8-2-7-13)9-10-3-5-11(12)6-4-10/h3-6H,2,7-9H2,1H3. The molecule has 1 aromatic carbocycles. The molecule has 3 nitrogen and oxygen atoms in total. The molecule has 17 heavy (non-hydrogen) atoms. The second kappa shape index (κ2) is 6.73. The zero-order valence-corrected chi connectivity index (χ0v) is 12.7. The number of halogens is 2. The fourth-order valence-electron chi connectivity index (χ4n) is 1.34. The summed E-state index contributed by atoms with van der Waals surface area (Å²) in [7, 11) is -1.60. The van der Waals surface area contributed by atoms with Crippen LogP contribution in [0, 0.1) is 0 Å². The predicted molar refractivity (Wildman–Crippen MR) is 74.7 cm³/mol. The largest absolute Gasteiger partial charge is 0.214 e. The van der Waals surface area contributed by atoms with E-state index < -0.39 is 10.0 Å². The quantitative estimate of drug-likeness (QED) is 0.747. The highest BCUT2D eigenvalue weighted by Gasteiger charge is 2.17. The van der Waals surface area contributed by atoms with E-state index in [1.165, 1.54) is 4.31 Å². The van der Waals surface area contributed by atoms with Crippen molar-refractivity contribution in [3.8, 4) is 0 Å². The summed E-state index contributed by atoms with van der Waals surface area (Å²) in [5.41, 5.74) is 0.963. The average Bonchev–Trinajstić information content (AvgIpc) is 2.29. The van der Waals surface area contributed by atoms with Crippen molar-refractivity contribution in [2.75, 3.05) is 18.7 Å². The Labute approximate surface area is 116 Å². The van der Waals surface area contributed by atoms with Crippen LogP contribution in [0.4, 0.5) is 0 Å². The summed E-state index contributed by atoms with van der Waals surface area (Å²) >= 11 is 8.84. The van der Waals surface area contributed by atoms with E-state index in [2.05, 4.69) is 15.9 Å². The van der Waals surface area contributed by atoms with Crippen molar-refractivity contribution in [1.29, 1.82) is 0 Å². The maximum atomic E-state index is 11.8. The number of hydrogen-bond donors (Lipinski definition) is 0. The molecule has 0 atom stereocenters. The summed E-state index contributed by atoms with van der Waals surface area (Å²) in [6.45, 7) is 0.387. The van der Waals surface area contributed by atoms with E-state index in [-0.39, 0.29) is 5.75 Å². The minimum Gasteiger partial charge on any atom is -0.212 e. The first-order valence-corrected chi connectivity index (χ1v) is 8.14. The molecule has 0 aliphatic rings. The van der Waals surface area contributed by atoms with E-state index in [1.807, 2.05) is 24.3 Å². The van der Waals surface area contributed by atoms with Crippen molar-refractivity contribution < 1.29 is 8.42 Å². The first kappa shape index (κ1) is 15.0. The SMILES string of the molecule is CN(Cc1ccc(Br)cc1)S(=O)(=O)CCCCl. The summed E-state index contributed by atoms with van der Waals surface area (Å²) in [6, 6.07) is 7.60. The van der Waals surface area contributed by atoms with Gasteiger partial charge in [0.2, 0.25) is 10.0 Å². The molecule has 0 saturated carbocycles. The Balaban J connectivity index is 2.65. The topological polar surface area (TPSA) is 37.4 Å². The van der Waals surface area contributed by atoms with E-state index in [9.17, 15) is 8.42 Å². The molecule has 6 heteroatoms. The van der Waals surface area contributed by atoms with Gasteiger partial charge in [0.25, 0.3) is 0 Å². The predicted octanol–water partition coefficient (Wildman–Crippen LogP) is 2.84. The van der Waals surface area contributed by atoms with Gasteiger partial charge in [0.05, 0.1) is 5.75 Å². The molecule has 0 saturated heterocycles. The molecule has 0 aromatic heterocycles. The number of nitrogens with zero attached hydrogens (tertiary/aromatic N) is 1. The molecule has 1 aromatic rings. The maximum absolute atomic E-state index is 11.8. The van der Waals surface area contributed by atoms with E-state index in [0.717, 1.165) is 10.0 Å². The fraction of sp³-hybridized carbons (Fsp3) is 0.455. The highest BCUT2D eigenvalue weighted by molar-refractivity contribution is 9.10. The Morgan fingerprint density at radius 1 is 1.29 bits per heavy atom. The van der Waals surface area contributed by atoms with Gasteiger partial charge in [-0.2, -0.15) is 0 Å². The Morgan fingerprint density at radius 2 is 1.88 bits per heavy atom. The summed E-state index contributed by atoms with van der Waals surface area (Å²) < 4.78 is 26.0. The molecule has 0 heterocycles. The van der Waals surface area contributed by atoms with E-state index in [0.29, 0.717) is 18.8 Å². The van der Waals surface area contributed by atoms with Gasteiger partial charge >= 0.3 is 0 Å². The average molecular weight is 341 g/mol. The van der Waals surface area contributed by atoms with Crippen molar-refractivity contribution in [3.05, 3.63) is 34.3 Å². The smallest absolute Gasteiger partial charge is 0.212 e. The first-order chi connectivity index (χ1) is 7.95. The van der Waals surface area contributed by atoms with Crippen LogP contribution in [-0.2, 0) is 16.6 Å². The lowest BCUT2D eigenvalue weighted by molar-refractivity contribution is 0.466. The molecule has 0 aliphatic carbocycles. The van der Waals surface area contributed by atoms with Gasteiger partial charge in [-0.1, -0.05) is 28.1 Å². The highest BCUT2D eigenvalue weighted by atomic mass is 79.9. The number of benzene rings is 1. The lowest BCUT2D eigenvalue weighted by Crippen LogP contribution is -2.28. The maximum Gasteiger partial charge on any atom is 0.214 e. The van der Waals surface area contributed by atoms with Gasteiger partial charge in [-0.3, -0.25) is 0 Å². The third-order valence-electron chi connectivity index (χ3n) is 2.33. The summed E-state index contributed by atoms with van der Waals surface area (Å²) in [4.78, 5) is 0. The third-order valence-corrected chi connectivity index (χ3v) is 5.01. The van der Waals surface area contributed by atoms with Crippen LogP contribution in [0.15, 0.2) is 28.7 Å². The van der Waals surface area contributed by atoms with E-state index in [1.54, 1.807) is 7.05 Å². The Hall–Kier alpha value is -0.100. The van der Waals surface area contributed by atoms with Gasteiger partial charge in [0.15, 0.2) is 0 Å². The van der Waals surface area contributed by atoms with Crippen molar-refractivity contribution in [2.45, 2.75) is 13.0 Å². The van der Waals surface area contributed by atoms with Gasteiger partial charge in [-0.25, -0.2) is 12.7 Å². The number of rotatable bonds is 6. The van der Waals surface area contributed by atoms with Crippen molar-refractivity contribution in [3.63, 3.8) is 0 Å². The van der Waals surface area contributed by atoms with Crippen LogP contribution < -0.4 is 0 Å². The Kier molecular flexibility index (Phi) is 5.92. The normalized spacial score (nSPS) is 12.0. The molecule has 0 fully saturated rings. The van der Waals surface area contributed by atoms with Crippen molar-refractivity contribution in [2.24, 2.45) is 0 Å². The van der Waals surface area contributed by atoms with Crippen LogP contribution in [0.2, 0.25) is 0 Å². The minimum atomic E-state index is -3.19. The molecule has 0 N–H and O–H groups in total. The Bertz CT molecular complexity index is 447. The molecule has 96 valence electrons. The molecular formula is C11H15BrClNO2S.